The average molecular weight is 1030 g/mol. The van der Waals surface area contributed by atoms with E-state index < -0.39 is 6.10 Å². The molecule has 0 aromatic carbocycles. The molecule has 0 N–H and O–H groups in total. The summed E-state index contributed by atoms with van der Waals surface area (Å²) in [5, 5.41) is 0. The van der Waals surface area contributed by atoms with Crippen LogP contribution in [0.3, 0.4) is 0 Å². The lowest BCUT2D eigenvalue weighted by Gasteiger charge is -2.18. The van der Waals surface area contributed by atoms with Gasteiger partial charge < -0.3 is 14.2 Å². The van der Waals surface area contributed by atoms with E-state index in [1.165, 1.54) is 250 Å². The Morgan fingerprint density at radius 3 is 0.795 bits per heavy atom. The first-order valence-corrected chi connectivity index (χ1v) is 32.5. The molecule has 0 aliphatic carbocycles. The fourth-order valence-corrected chi connectivity index (χ4v) is 9.71. The van der Waals surface area contributed by atoms with Crippen LogP contribution in [0.2, 0.25) is 0 Å². The van der Waals surface area contributed by atoms with Crippen molar-refractivity contribution in [1.29, 1.82) is 0 Å². The van der Waals surface area contributed by atoms with E-state index in [4.69, 9.17) is 14.2 Å². The maximum absolute atomic E-state index is 12.9. The van der Waals surface area contributed by atoms with Gasteiger partial charge in [0, 0.05) is 19.3 Å². The predicted octanol–water partition coefficient (Wildman–Crippen LogP) is 22.0. The molecule has 0 amide bonds. The molecule has 73 heavy (non-hydrogen) atoms. The van der Waals surface area contributed by atoms with Gasteiger partial charge in [0.2, 0.25) is 0 Å². The Labute approximate surface area is 455 Å². The number of unbranched alkanes of at least 4 members (excludes halogenated alkanes) is 43. The summed E-state index contributed by atoms with van der Waals surface area (Å²) in [7, 11) is 0. The largest absolute Gasteiger partial charge is 0.462 e. The van der Waals surface area contributed by atoms with Crippen molar-refractivity contribution in [2.45, 2.75) is 361 Å². The molecule has 0 saturated carbocycles. The van der Waals surface area contributed by atoms with E-state index in [1.807, 2.05) is 0 Å². The van der Waals surface area contributed by atoms with Gasteiger partial charge in [0.1, 0.15) is 13.2 Å². The lowest BCUT2D eigenvalue weighted by molar-refractivity contribution is -0.167. The molecular formula is C67H124O6. The molecular weight excluding hydrogens is 901 g/mol. The highest BCUT2D eigenvalue weighted by atomic mass is 16.6. The third kappa shape index (κ3) is 60.4. The fourth-order valence-electron chi connectivity index (χ4n) is 9.71. The quantitative estimate of drug-likeness (QED) is 0.0261. The van der Waals surface area contributed by atoms with Gasteiger partial charge in [0.15, 0.2) is 6.10 Å². The van der Waals surface area contributed by atoms with Crippen LogP contribution in [-0.2, 0) is 28.6 Å². The number of carbonyl (C=O) groups is 3. The number of rotatable bonds is 60. The van der Waals surface area contributed by atoms with E-state index in [0.717, 1.165) is 64.2 Å². The predicted molar refractivity (Wildman–Crippen MR) is 316 cm³/mol. The van der Waals surface area contributed by atoms with Crippen molar-refractivity contribution < 1.29 is 28.6 Å². The highest BCUT2D eigenvalue weighted by Crippen LogP contribution is 2.17. The number of ether oxygens (including phenoxy) is 3. The van der Waals surface area contributed by atoms with Crippen molar-refractivity contribution in [2.24, 2.45) is 0 Å². The molecule has 6 heteroatoms. The summed E-state index contributed by atoms with van der Waals surface area (Å²) in [6.45, 7) is 6.67. The minimum absolute atomic E-state index is 0.0714. The van der Waals surface area contributed by atoms with Crippen LogP contribution < -0.4 is 0 Å². The minimum Gasteiger partial charge on any atom is -0.462 e. The summed E-state index contributed by atoms with van der Waals surface area (Å²) < 4.78 is 17.0. The van der Waals surface area contributed by atoms with Gasteiger partial charge in [-0.05, 0) is 77.0 Å². The summed E-state index contributed by atoms with van der Waals surface area (Å²) in [6.07, 6.45) is 75.7. The van der Waals surface area contributed by atoms with Crippen LogP contribution in [0.4, 0.5) is 0 Å². The SMILES string of the molecule is CCCCC/C=C\C/C=C\CCCCCCCCCCCC(=O)OCC(COC(=O)CCCCCCCCC/C=C\CCCCCCCC)OC(=O)CCCCCCCCCCCCCCCCCCCCC. The zero-order chi connectivity index (χ0) is 52.9. The highest BCUT2D eigenvalue weighted by Gasteiger charge is 2.19. The molecule has 1 unspecified atom stereocenters. The normalized spacial score (nSPS) is 12.2. The summed E-state index contributed by atoms with van der Waals surface area (Å²) in [5.74, 6) is -0.854. The lowest BCUT2D eigenvalue weighted by Crippen LogP contribution is -2.30. The lowest BCUT2D eigenvalue weighted by atomic mass is 10.0. The van der Waals surface area contributed by atoms with Gasteiger partial charge in [-0.2, -0.15) is 0 Å². The van der Waals surface area contributed by atoms with E-state index in [9.17, 15) is 14.4 Å². The average Bonchev–Trinajstić information content (AvgIpc) is 3.39. The first-order valence-electron chi connectivity index (χ1n) is 32.5. The van der Waals surface area contributed by atoms with Crippen LogP contribution in [0.1, 0.15) is 355 Å². The molecule has 0 spiro atoms. The van der Waals surface area contributed by atoms with Crippen molar-refractivity contribution in [1.82, 2.24) is 0 Å². The molecule has 0 aliphatic heterocycles. The van der Waals surface area contributed by atoms with Crippen LogP contribution in [0.5, 0.6) is 0 Å². The molecule has 428 valence electrons. The molecule has 0 aromatic rings. The maximum atomic E-state index is 12.9. The molecule has 0 bridgehead atoms. The first-order chi connectivity index (χ1) is 36.0. The van der Waals surface area contributed by atoms with Crippen molar-refractivity contribution in [2.75, 3.05) is 13.2 Å². The molecule has 0 aromatic heterocycles. The topological polar surface area (TPSA) is 78.9 Å². The molecule has 0 radical (unpaired) electrons. The molecule has 6 nitrogen and oxygen atoms in total. The van der Waals surface area contributed by atoms with E-state index in [-0.39, 0.29) is 31.1 Å². The van der Waals surface area contributed by atoms with Crippen LogP contribution >= 0.6 is 0 Å². The monoisotopic (exact) mass is 1020 g/mol. The van der Waals surface area contributed by atoms with Gasteiger partial charge in [-0.25, -0.2) is 0 Å². The van der Waals surface area contributed by atoms with E-state index in [1.54, 1.807) is 0 Å². The third-order valence-electron chi connectivity index (χ3n) is 14.6. The highest BCUT2D eigenvalue weighted by molar-refractivity contribution is 5.71. The second-order valence-electron chi connectivity index (χ2n) is 22.0. The number of carbonyl (C=O) groups excluding carboxylic acids is 3. The van der Waals surface area contributed by atoms with Crippen LogP contribution in [0, 0.1) is 0 Å². The zero-order valence-electron chi connectivity index (χ0n) is 49.2. The molecule has 0 aliphatic rings. The fraction of sp³-hybridized carbons (Fsp3) is 0.866. The van der Waals surface area contributed by atoms with Crippen molar-refractivity contribution in [3.63, 3.8) is 0 Å². The molecule has 0 fully saturated rings. The van der Waals surface area contributed by atoms with Crippen LogP contribution in [0.15, 0.2) is 36.5 Å². The van der Waals surface area contributed by atoms with Gasteiger partial charge in [-0.15, -0.1) is 0 Å². The number of esters is 3. The molecule has 0 rings (SSSR count). The Hall–Kier alpha value is -2.37. The Bertz CT molecular complexity index is 1220. The van der Waals surface area contributed by atoms with Crippen molar-refractivity contribution >= 4 is 17.9 Å². The van der Waals surface area contributed by atoms with Gasteiger partial charge in [-0.1, -0.05) is 295 Å². The second kappa shape index (κ2) is 62.2. The summed E-state index contributed by atoms with van der Waals surface area (Å²) in [5.41, 5.74) is 0. The van der Waals surface area contributed by atoms with Gasteiger partial charge in [0.25, 0.3) is 0 Å². The first kappa shape index (κ1) is 70.6. The maximum Gasteiger partial charge on any atom is 0.306 e. The Balaban J connectivity index is 4.34. The summed E-state index contributed by atoms with van der Waals surface area (Å²) >= 11 is 0. The van der Waals surface area contributed by atoms with Crippen molar-refractivity contribution in [3.8, 4) is 0 Å². The number of hydrogen-bond donors (Lipinski definition) is 0. The summed E-state index contributed by atoms with van der Waals surface area (Å²) in [4.78, 5) is 38.3. The zero-order valence-corrected chi connectivity index (χ0v) is 49.2. The Morgan fingerprint density at radius 2 is 0.493 bits per heavy atom. The van der Waals surface area contributed by atoms with Crippen molar-refractivity contribution in [3.05, 3.63) is 36.5 Å². The Kier molecular flexibility index (Phi) is 60.2. The smallest absolute Gasteiger partial charge is 0.306 e. The van der Waals surface area contributed by atoms with E-state index >= 15 is 0 Å². The molecule has 1 atom stereocenters. The van der Waals surface area contributed by atoms with Crippen LogP contribution in [0.25, 0.3) is 0 Å². The van der Waals surface area contributed by atoms with Crippen LogP contribution in [-0.4, -0.2) is 37.2 Å². The third-order valence-corrected chi connectivity index (χ3v) is 14.6. The minimum atomic E-state index is -0.774. The molecule has 0 heterocycles. The Morgan fingerprint density at radius 1 is 0.274 bits per heavy atom. The second-order valence-corrected chi connectivity index (χ2v) is 22.0. The van der Waals surface area contributed by atoms with Gasteiger partial charge >= 0.3 is 17.9 Å². The number of hydrogen-bond acceptors (Lipinski definition) is 6. The summed E-state index contributed by atoms with van der Waals surface area (Å²) in [6, 6.07) is 0. The van der Waals surface area contributed by atoms with E-state index in [2.05, 4.69) is 57.2 Å². The van der Waals surface area contributed by atoms with E-state index in [0.29, 0.717) is 19.3 Å². The van der Waals surface area contributed by atoms with Gasteiger partial charge in [0.05, 0.1) is 0 Å². The standard InChI is InChI=1S/C67H124O6/c1-4-7-10-13-16-19-22-25-28-31-33-36-39-42-45-48-51-54-57-60-66(69)72-63-64(62-71-65(68)59-56-53-50-47-44-41-38-35-30-27-24-21-18-15-12-9-6-3)73-67(70)61-58-55-52-49-46-43-40-37-34-32-29-26-23-20-17-14-11-8-5-2/h16,19,25,27-28,30,64H,4-15,17-18,20-24,26,29,31-63H2,1-3H3/b19-16-,28-25-,30-27-. The molecule has 0 saturated heterocycles. The number of allylic oxidation sites excluding steroid dienone is 6. The van der Waals surface area contributed by atoms with Gasteiger partial charge in [-0.3, -0.25) is 14.4 Å².